The summed E-state index contributed by atoms with van der Waals surface area (Å²) >= 11 is 0. The van der Waals surface area contributed by atoms with E-state index in [0.717, 1.165) is 65.3 Å². The van der Waals surface area contributed by atoms with E-state index >= 15 is 0 Å². The fourth-order valence-corrected chi connectivity index (χ4v) is 5.79. The largest absolute Gasteiger partial charge is 0.497 e. The summed E-state index contributed by atoms with van der Waals surface area (Å²) in [6.45, 7) is 12.1. The summed E-state index contributed by atoms with van der Waals surface area (Å²) in [5, 5.41) is 14.2. The lowest BCUT2D eigenvalue weighted by molar-refractivity contribution is 0.0915. The van der Waals surface area contributed by atoms with Crippen molar-refractivity contribution in [3.63, 3.8) is 0 Å². The summed E-state index contributed by atoms with van der Waals surface area (Å²) in [4.78, 5) is 27.2. The molecule has 0 bridgehead atoms. The predicted octanol–water partition coefficient (Wildman–Crippen LogP) is 7.41. The maximum atomic E-state index is 14.0. The SMILES string of the molecule is COc1ccc(C(=O)C(c2ccc(NC(=O)Nc3cc(C(C)(C)C)nn3-c3ccc(C)cc3)cc2)C2CCNCC2)c(C)c1. The van der Waals surface area contributed by atoms with E-state index < -0.39 is 0 Å². The number of carbonyl (C=O) groups is 2. The molecule has 0 spiro atoms. The Labute approximate surface area is 260 Å². The number of amides is 2. The van der Waals surface area contributed by atoms with E-state index in [1.165, 1.54) is 0 Å². The van der Waals surface area contributed by atoms with E-state index in [0.29, 0.717) is 11.5 Å². The molecule has 3 N–H and O–H groups in total. The molecule has 230 valence electrons. The first-order chi connectivity index (χ1) is 21.0. The standard InChI is InChI=1S/C36H43N5O3/c1-23-7-13-28(14-8-23)41-32(22-31(40-41)36(3,4)5)39-35(43)38-27-11-9-25(10-12-27)33(26-17-19-37-20-18-26)34(42)30-16-15-29(44-6)21-24(30)2/h7-16,21-22,26,33,37H,17-20H2,1-6H3,(H2,38,39,43). The Hall–Kier alpha value is -4.43. The Morgan fingerprint density at radius 3 is 2.23 bits per heavy atom. The minimum Gasteiger partial charge on any atom is -0.497 e. The van der Waals surface area contributed by atoms with E-state index in [1.54, 1.807) is 11.8 Å². The van der Waals surface area contributed by atoms with Gasteiger partial charge in [0.1, 0.15) is 11.6 Å². The van der Waals surface area contributed by atoms with Crippen molar-refractivity contribution in [1.82, 2.24) is 15.1 Å². The molecule has 1 unspecified atom stereocenters. The first kappa shape index (κ1) is 31.0. The van der Waals surface area contributed by atoms with E-state index in [9.17, 15) is 9.59 Å². The molecule has 1 aliphatic rings. The molecule has 5 rings (SSSR count). The van der Waals surface area contributed by atoms with Gasteiger partial charge in [-0.15, -0.1) is 0 Å². The number of piperidine rings is 1. The molecule has 3 aromatic carbocycles. The van der Waals surface area contributed by atoms with Gasteiger partial charge < -0.3 is 15.4 Å². The van der Waals surface area contributed by atoms with Gasteiger partial charge >= 0.3 is 6.03 Å². The second-order valence-electron chi connectivity index (χ2n) is 12.7. The topological polar surface area (TPSA) is 97.3 Å². The van der Waals surface area contributed by atoms with Crippen LogP contribution in [0.4, 0.5) is 16.3 Å². The summed E-state index contributed by atoms with van der Waals surface area (Å²) in [5.41, 5.74) is 5.92. The Balaban J connectivity index is 1.36. The van der Waals surface area contributed by atoms with Crippen molar-refractivity contribution < 1.29 is 14.3 Å². The Morgan fingerprint density at radius 2 is 1.61 bits per heavy atom. The number of carbonyl (C=O) groups excluding carboxylic acids is 2. The van der Waals surface area contributed by atoms with E-state index in [2.05, 4.69) is 36.7 Å². The number of anilines is 2. The van der Waals surface area contributed by atoms with Gasteiger partial charge in [-0.2, -0.15) is 5.10 Å². The number of hydrogen-bond acceptors (Lipinski definition) is 5. The fourth-order valence-electron chi connectivity index (χ4n) is 5.79. The van der Waals surface area contributed by atoms with Gasteiger partial charge in [-0.25, -0.2) is 9.48 Å². The van der Waals surface area contributed by atoms with Crippen molar-refractivity contribution >= 4 is 23.3 Å². The van der Waals surface area contributed by atoms with Crippen LogP contribution in [0.3, 0.4) is 0 Å². The van der Waals surface area contributed by atoms with Crippen molar-refractivity contribution in [2.45, 2.75) is 58.8 Å². The number of methoxy groups -OCH3 is 1. The molecule has 2 heterocycles. The van der Waals surface area contributed by atoms with Gasteiger partial charge in [0.25, 0.3) is 0 Å². The number of nitrogens with one attached hydrogen (secondary N) is 3. The van der Waals surface area contributed by atoms with Crippen molar-refractivity contribution in [1.29, 1.82) is 0 Å². The third-order valence-corrected chi connectivity index (χ3v) is 8.36. The molecule has 1 saturated heterocycles. The first-order valence-electron chi connectivity index (χ1n) is 15.3. The van der Waals surface area contributed by atoms with Crippen molar-refractivity contribution in [2.75, 3.05) is 30.8 Å². The molecule has 1 fully saturated rings. The normalized spacial score (nSPS) is 14.6. The summed E-state index contributed by atoms with van der Waals surface area (Å²) in [6, 6.07) is 22.9. The predicted molar refractivity (Wildman–Crippen MR) is 176 cm³/mol. The summed E-state index contributed by atoms with van der Waals surface area (Å²) < 4.78 is 7.12. The summed E-state index contributed by atoms with van der Waals surface area (Å²) in [7, 11) is 1.63. The smallest absolute Gasteiger partial charge is 0.324 e. The van der Waals surface area contributed by atoms with Crippen LogP contribution >= 0.6 is 0 Å². The van der Waals surface area contributed by atoms with E-state index in [1.807, 2.05) is 86.6 Å². The number of urea groups is 1. The van der Waals surface area contributed by atoms with Crippen LogP contribution < -0.4 is 20.7 Å². The van der Waals surface area contributed by atoms with Crippen LogP contribution in [0.1, 0.15) is 72.3 Å². The van der Waals surface area contributed by atoms with Gasteiger partial charge in [-0.3, -0.25) is 10.1 Å². The molecule has 1 aliphatic heterocycles. The van der Waals surface area contributed by atoms with Crippen LogP contribution in [0.25, 0.3) is 5.69 Å². The average molecular weight is 594 g/mol. The molecule has 0 radical (unpaired) electrons. The van der Waals surface area contributed by atoms with Crippen LogP contribution in [0.15, 0.2) is 72.8 Å². The number of ketones is 1. The highest BCUT2D eigenvalue weighted by Gasteiger charge is 2.32. The second-order valence-corrected chi connectivity index (χ2v) is 12.7. The lowest BCUT2D eigenvalue weighted by Gasteiger charge is -2.30. The van der Waals surface area contributed by atoms with Gasteiger partial charge in [-0.1, -0.05) is 50.6 Å². The highest BCUT2D eigenvalue weighted by Crippen LogP contribution is 2.36. The number of aryl methyl sites for hydroxylation is 2. The molecule has 0 saturated carbocycles. The molecule has 2 amide bonds. The molecule has 0 aliphatic carbocycles. The lowest BCUT2D eigenvalue weighted by atomic mass is 9.75. The van der Waals surface area contributed by atoms with Gasteiger partial charge in [-0.05, 0) is 99.3 Å². The zero-order valence-corrected chi connectivity index (χ0v) is 26.5. The Kier molecular flexibility index (Phi) is 9.20. The van der Waals surface area contributed by atoms with Crippen LogP contribution in [-0.2, 0) is 5.41 Å². The van der Waals surface area contributed by atoms with E-state index in [4.69, 9.17) is 9.84 Å². The molecule has 1 atom stereocenters. The molecule has 1 aromatic heterocycles. The molecular formula is C36H43N5O3. The van der Waals surface area contributed by atoms with Crippen LogP contribution in [-0.4, -0.2) is 41.8 Å². The number of aromatic nitrogens is 2. The van der Waals surface area contributed by atoms with Crippen molar-refractivity contribution in [3.05, 3.63) is 101 Å². The molecule has 4 aromatic rings. The Morgan fingerprint density at radius 1 is 0.932 bits per heavy atom. The van der Waals surface area contributed by atoms with Gasteiger partial charge in [0.15, 0.2) is 5.78 Å². The molecule has 44 heavy (non-hydrogen) atoms. The van der Waals surface area contributed by atoms with Crippen LogP contribution in [0.2, 0.25) is 0 Å². The number of rotatable bonds is 8. The average Bonchev–Trinajstić information content (AvgIpc) is 3.43. The number of Topliss-reactive ketones (excluding diaryl/α,β-unsaturated/α-hetero) is 1. The molecule has 8 heteroatoms. The zero-order chi connectivity index (χ0) is 31.4. The number of ether oxygens (including phenoxy) is 1. The zero-order valence-electron chi connectivity index (χ0n) is 26.5. The van der Waals surface area contributed by atoms with Crippen LogP contribution in [0, 0.1) is 19.8 Å². The summed E-state index contributed by atoms with van der Waals surface area (Å²) in [6.07, 6.45) is 1.86. The van der Waals surface area contributed by atoms with Gasteiger partial charge in [0.2, 0.25) is 0 Å². The first-order valence-corrected chi connectivity index (χ1v) is 15.3. The quantitative estimate of drug-likeness (QED) is 0.185. The van der Waals surface area contributed by atoms with E-state index in [-0.39, 0.29) is 29.1 Å². The second kappa shape index (κ2) is 13.1. The van der Waals surface area contributed by atoms with Crippen molar-refractivity contribution in [3.8, 4) is 11.4 Å². The molecular weight excluding hydrogens is 550 g/mol. The minimum atomic E-state index is -0.369. The van der Waals surface area contributed by atoms with Crippen molar-refractivity contribution in [2.24, 2.45) is 5.92 Å². The number of nitrogens with zero attached hydrogens (tertiary/aromatic N) is 2. The maximum Gasteiger partial charge on any atom is 0.324 e. The number of benzene rings is 3. The highest BCUT2D eigenvalue weighted by atomic mass is 16.5. The summed E-state index contributed by atoms with van der Waals surface area (Å²) in [5.74, 6) is 1.40. The highest BCUT2D eigenvalue weighted by molar-refractivity contribution is 6.03. The lowest BCUT2D eigenvalue weighted by Crippen LogP contribution is -2.34. The minimum absolute atomic E-state index is 0.120. The van der Waals surface area contributed by atoms with Crippen LogP contribution in [0.5, 0.6) is 5.75 Å². The Bertz CT molecular complexity index is 1610. The monoisotopic (exact) mass is 593 g/mol. The number of hydrogen-bond donors (Lipinski definition) is 3. The van der Waals surface area contributed by atoms with Gasteiger partial charge in [0, 0.05) is 22.7 Å². The fraction of sp³-hybridized carbons (Fsp3) is 0.361. The molecule has 8 nitrogen and oxygen atoms in total. The van der Waals surface area contributed by atoms with Gasteiger partial charge in [0.05, 0.1) is 24.4 Å². The maximum absolute atomic E-state index is 14.0. The third-order valence-electron chi connectivity index (χ3n) is 8.36. The third kappa shape index (κ3) is 7.03.